The predicted molar refractivity (Wildman–Crippen MR) is 114 cm³/mol. The smallest absolute Gasteiger partial charge is 0.255 e. The van der Waals surface area contributed by atoms with E-state index in [9.17, 15) is 4.79 Å². The average Bonchev–Trinajstić information content (AvgIpc) is 2.65. The number of amides is 1. The van der Waals surface area contributed by atoms with E-state index in [0.717, 1.165) is 33.8 Å². The Labute approximate surface area is 169 Å². The van der Waals surface area contributed by atoms with E-state index in [1.807, 2.05) is 30.3 Å². The Hall–Kier alpha value is -1.76. The first kappa shape index (κ1) is 20.6. The molecule has 0 heterocycles. The molecule has 0 aliphatic carbocycles. The fourth-order valence-electron chi connectivity index (χ4n) is 2.54. The number of unbranched alkanes of at least 4 members (excludes halogenated alkanes) is 4. The summed E-state index contributed by atoms with van der Waals surface area (Å²) in [5, 5.41) is 2.90. The molecule has 2 rings (SSSR count). The normalized spacial score (nSPS) is 10.4. The number of methoxy groups -OCH3 is 1. The fourth-order valence-corrected chi connectivity index (χ4v) is 3.28. The van der Waals surface area contributed by atoms with Crippen molar-refractivity contribution in [1.29, 1.82) is 0 Å². The molecule has 0 aromatic heterocycles. The number of rotatable bonds is 10. The van der Waals surface area contributed by atoms with Crippen LogP contribution in [0.3, 0.4) is 0 Å². The van der Waals surface area contributed by atoms with Gasteiger partial charge in [0.25, 0.3) is 5.91 Å². The number of anilines is 1. The second kappa shape index (κ2) is 11.1. The molecule has 26 heavy (non-hydrogen) atoms. The van der Waals surface area contributed by atoms with Crippen molar-refractivity contribution in [1.82, 2.24) is 0 Å². The molecule has 0 saturated carbocycles. The molecule has 0 saturated heterocycles. The summed E-state index contributed by atoms with van der Waals surface area (Å²) >= 11 is 2.16. The van der Waals surface area contributed by atoms with Crippen LogP contribution < -0.4 is 14.8 Å². The lowest BCUT2D eigenvalue weighted by atomic mass is 10.2. The molecule has 0 bridgehead atoms. The van der Waals surface area contributed by atoms with Crippen molar-refractivity contribution in [2.24, 2.45) is 0 Å². The van der Waals surface area contributed by atoms with Gasteiger partial charge in [-0.3, -0.25) is 4.79 Å². The number of hydrogen-bond donors (Lipinski definition) is 1. The second-order valence-corrected chi connectivity index (χ2v) is 7.25. The molecule has 0 spiro atoms. The van der Waals surface area contributed by atoms with E-state index in [0.29, 0.717) is 5.56 Å². The number of halogens is 1. The van der Waals surface area contributed by atoms with Crippen molar-refractivity contribution < 1.29 is 14.3 Å². The number of carbonyl (C=O) groups excluding carboxylic acids is 1. The lowest BCUT2D eigenvalue weighted by Crippen LogP contribution is -2.12. The molecule has 5 heteroatoms. The fraction of sp³-hybridized carbons (Fsp3) is 0.381. The number of benzene rings is 2. The van der Waals surface area contributed by atoms with Gasteiger partial charge in [0.15, 0.2) is 0 Å². The van der Waals surface area contributed by atoms with Gasteiger partial charge in [-0.05, 0) is 71.5 Å². The lowest BCUT2D eigenvalue weighted by molar-refractivity contribution is 0.102. The van der Waals surface area contributed by atoms with E-state index in [1.165, 1.54) is 25.7 Å². The quantitative estimate of drug-likeness (QED) is 0.350. The molecule has 0 aliphatic rings. The molecule has 4 nitrogen and oxygen atoms in total. The molecule has 2 aromatic rings. The second-order valence-electron chi connectivity index (χ2n) is 6.09. The summed E-state index contributed by atoms with van der Waals surface area (Å²) in [5.74, 6) is 1.45. The highest BCUT2D eigenvalue weighted by molar-refractivity contribution is 14.1. The number of nitrogens with one attached hydrogen (secondary N) is 1. The van der Waals surface area contributed by atoms with Crippen LogP contribution in [0.2, 0.25) is 0 Å². The standard InChI is InChI=1S/C21H26INO3/c1-3-4-5-6-7-14-26-18-11-9-17(10-12-18)23-21(24)16-8-13-20(25-2)19(22)15-16/h8-13,15H,3-7,14H2,1-2H3,(H,23,24). The van der Waals surface area contributed by atoms with Gasteiger partial charge in [0.1, 0.15) is 11.5 Å². The number of ether oxygens (including phenoxy) is 2. The summed E-state index contributed by atoms with van der Waals surface area (Å²) in [7, 11) is 1.62. The van der Waals surface area contributed by atoms with Crippen molar-refractivity contribution in [2.45, 2.75) is 39.0 Å². The van der Waals surface area contributed by atoms with E-state index < -0.39 is 0 Å². The molecule has 0 fully saturated rings. The third-order valence-electron chi connectivity index (χ3n) is 4.04. The van der Waals surface area contributed by atoms with E-state index >= 15 is 0 Å². The van der Waals surface area contributed by atoms with Gasteiger partial charge < -0.3 is 14.8 Å². The highest BCUT2D eigenvalue weighted by Gasteiger charge is 2.09. The molecule has 0 atom stereocenters. The molecule has 1 amide bonds. The maximum atomic E-state index is 12.4. The van der Waals surface area contributed by atoms with Crippen LogP contribution in [0.4, 0.5) is 5.69 Å². The SMILES string of the molecule is CCCCCCCOc1ccc(NC(=O)c2ccc(OC)c(I)c2)cc1. The zero-order valence-corrected chi connectivity index (χ0v) is 17.5. The first-order valence-corrected chi connectivity index (χ1v) is 10.1. The van der Waals surface area contributed by atoms with Crippen LogP contribution in [-0.2, 0) is 0 Å². The van der Waals surface area contributed by atoms with Crippen LogP contribution in [0.1, 0.15) is 49.4 Å². The summed E-state index contributed by atoms with van der Waals surface area (Å²) in [6, 6.07) is 12.9. The van der Waals surface area contributed by atoms with Crippen molar-refractivity contribution >= 4 is 34.2 Å². The Balaban J connectivity index is 1.82. The van der Waals surface area contributed by atoms with Gasteiger partial charge in [-0.1, -0.05) is 32.6 Å². The summed E-state index contributed by atoms with van der Waals surface area (Å²) < 4.78 is 11.9. The van der Waals surface area contributed by atoms with Gasteiger partial charge >= 0.3 is 0 Å². The first-order valence-electron chi connectivity index (χ1n) is 9.01. The summed E-state index contributed by atoms with van der Waals surface area (Å²) in [6.07, 6.45) is 6.11. The maximum Gasteiger partial charge on any atom is 0.255 e. The van der Waals surface area contributed by atoms with Crippen molar-refractivity contribution in [3.63, 3.8) is 0 Å². The van der Waals surface area contributed by atoms with Crippen LogP contribution in [0, 0.1) is 3.57 Å². The first-order chi connectivity index (χ1) is 12.6. The molecule has 2 aromatic carbocycles. The van der Waals surface area contributed by atoms with Crippen molar-refractivity contribution in [2.75, 3.05) is 19.0 Å². The number of carbonyl (C=O) groups is 1. The summed E-state index contributed by atoms with van der Waals surface area (Å²) in [6.45, 7) is 2.95. The summed E-state index contributed by atoms with van der Waals surface area (Å²) in [5.41, 5.74) is 1.35. The highest BCUT2D eigenvalue weighted by atomic mass is 127. The van der Waals surface area contributed by atoms with Crippen LogP contribution in [0.5, 0.6) is 11.5 Å². The Morgan fingerprint density at radius 2 is 1.77 bits per heavy atom. The van der Waals surface area contributed by atoms with E-state index in [1.54, 1.807) is 19.2 Å². The van der Waals surface area contributed by atoms with Gasteiger partial charge in [-0.25, -0.2) is 0 Å². The van der Waals surface area contributed by atoms with Crippen molar-refractivity contribution in [3.8, 4) is 11.5 Å². The van der Waals surface area contributed by atoms with Gasteiger partial charge in [-0.2, -0.15) is 0 Å². The predicted octanol–water partition coefficient (Wildman–Crippen LogP) is 5.90. The van der Waals surface area contributed by atoms with Crippen molar-refractivity contribution in [3.05, 3.63) is 51.6 Å². The van der Waals surface area contributed by atoms with Crippen LogP contribution in [-0.4, -0.2) is 19.6 Å². The van der Waals surface area contributed by atoms with Gasteiger partial charge in [0.05, 0.1) is 17.3 Å². The minimum atomic E-state index is -0.143. The van der Waals surface area contributed by atoms with Crippen LogP contribution in [0.25, 0.3) is 0 Å². The Kier molecular flexibility index (Phi) is 8.74. The van der Waals surface area contributed by atoms with Gasteiger partial charge in [-0.15, -0.1) is 0 Å². The zero-order chi connectivity index (χ0) is 18.8. The largest absolute Gasteiger partial charge is 0.496 e. The Morgan fingerprint density at radius 1 is 1.04 bits per heavy atom. The maximum absolute atomic E-state index is 12.4. The van der Waals surface area contributed by atoms with Gasteiger partial charge in [0.2, 0.25) is 0 Å². The molecular weight excluding hydrogens is 441 g/mol. The minimum Gasteiger partial charge on any atom is -0.496 e. The molecule has 0 radical (unpaired) electrons. The molecule has 140 valence electrons. The Morgan fingerprint density at radius 3 is 2.42 bits per heavy atom. The topological polar surface area (TPSA) is 47.6 Å². The van der Waals surface area contributed by atoms with Crippen LogP contribution >= 0.6 is 22.6 Å². The van der Waals surface area contributed by atoms with Gasteiger partial charge in [0, 0.05) is 11.3 Å². The van der Waals surface area contributed by atoms with E-state index in [4.69, 9.17) is 9.47 Å². The lowest BCUT2D eigenvalue weighted by Gasteiger charge is -2.09. The molecule has 0 aliphatic heterocycles. The van der Waals surface area contributed by atoms with E-state index in [-0.39, 0.29) is 5.91 Å². The van der Waals surface area contributed by atoms with Crippen LogP contribution in [0.15, 0.2) is 42.5 Å². The monoisotopic (exact) mass is 467 g/mol. The zero-order valence-electron chi connectivity index (χ0n) is 15.4. The average molecular weight is 467 g/mol. The number of hydrogen-bond acceptors (Lipinski definition) is 3. The summed E-state index contributed by atoms with van der Waals surface area (Å²) in [4.78, 5) is 12.4. The highest BCUT2D eigenvalue weighted by Crippen LogP contribution is 2.22. The minimum absolute atomic E-state index is 0.143. The Bertz CT molecular complexity index is 701. The third kappa shape index (κ3) is 6.52. The molecule has 0 unspecified atom stereocenters. The molecule has 1 N–H and O–H groups in total. The third-order valence-corrected chi connectivity index (χ3v) is 4.89. The molecular formula is C21H26INO3. The van der Waals surface area contributed by atoms with E-state index in [2.05, 4.69) is 34.8 Å².